The minimum atomic E-state index is -0.224. The van der Waals surface area contributed by atoms with Crippen molar-refractivity contribution in [3.8, 4) is 0 Å². The zero-order chi connectivity index (χ0) is 16.5. The molecule has 2 fully saturated rings. The van der Waals surface area contributed by atoms with Crippen LogP contribution in [-0.4, -0.2) is 46.9 Å². The number of hydrogen-bond donors (Lipinski definition) is 0. The van der Waals surface area contributed by atoms with Gasteiger partial charge in [0.05, 0.1) is 11.2 Å². The summed E-state index contributed by atoms with van der Waals surface area (Å²) in [6.07, 6.45) is 0.892. The molecule has 1 aliphatic carbocycles. The Morgan fingerprint density at radius 1 is 1.21 bits per heavy atom. The summed E-state index contributed by atoms with van der Waals surface area (Å²) >= 11 is 1.62. The van der Waals surface area contributed by atoms with Crippen LogP contribution in [0.5, 0.6) is 0 Å². The monoisotopic (exact) mass is 345 g/mol. The van der Waals surface area contributed by atoms with E-state index in [2.05, 4.69) is 15.3 Å². The topological polar surface area (TPSA) is 36.4 Å². The molecule has 0 bridgehead atoms. The van der Waals surface area contributed by atoms with E-state index in [9.17, 15) is 9.18 Å². The highest BCUT2D eigenvalue weighted by Gasteiger charge is 2.46. The number of aromatic nitrogens is 1. The van der Waals surface area contributed by atoms with E-state index < -0.39 is 0 Å². The zero-order valence-corrected chi connectivity index (χ0v) is 14.2. The Bertz CT molecular complexity index is 696. The summed E-state index contributed by atoms with van der Waals surface area (Å²) < 4.78 is 13.0. The molecule has 2 aliphatic rings. The third kappa shape index (κ3) is 3.35. The first kappa shape index (κ1) is 15.7. The number of nitrogens with zero attached hydrogens (tertiary/aromatic N) is 3. The number of hydrogen-bond acceptors (Lipinski definition) is 4. The molecule has 0 spiro atoms. The van der Waals surface area contributed by atoms with Crippen molar-refractivity contribution < 1.29 is 9.18 Å². The van der Waals surface area contributed by atoms with E-state index in [1.165, 1.54) is 12.1 Å². The van der Waals surface area contributed by atoms with Crippen LogP contribution in [0.2, 0.25) is 0 Å². The third-order valence-electron chi connectivity index (χ3n) is 4.96. The Morgan fingerprint density at radius 2 is 1.96 bits per heavy atom. The average molecular weight is 345 g/mol. The maximum absolute atomic E-state index is 13.0. The van der Waals surface area contributed by atoms with Crippen LogP contribution < -0.4 is 0 Å². The molecule has 1 aromatic carbocycles. The van der Waals surface area contributed by atoms with Crippen molar-refractivity contribution in [2.75, 3.05) is 26.2 Å². The number of benzene rings is 1. The first-order valence-electron chi connectivity index (χ1n) is 8.34. The smallest absolute Gasteiger partial charge is 0.226 e. The van der Waals surface area contributed by atoms with Gasteiger partial charge < -0.3 is 4.90 Å². The lowest BCUT2D eigenvalue weighted by atomic mass is 10.1. The standard InChI is InChI=1S/C18H20FN3OS/c19-14-3-1-13(2-4-14)16-9-17(16)18(23)22-7-5-21(6-8-22)10-15-11-24-12-20-15/h1-4,11-12,16-17H,5-10H2/t16-,17+/m0/s1. The lowest BCUT2D eigenvalue weighted by molar-refractivity contribution is -0.134. The fourth-order valence-corrected chi connectivity index (χ4v) is 4.00. The number of piperazine rings is 1. The fraction of sp³-hybridized carbons (Fsp3) is 0.444. The van der Waals surface area contributed by atoms with Crippen LogP contribution in [0, 0.1) is 11.7 Å². The Balaban J connectivity index is 1.28. The molecule has 0 unspecified atom stereocenters. The molecule has 2 atom stereocenters. The Hall–Kier alpha value is -1.79. The molecular weight excluding hydrogens is 325 g/mol. The molecule has 0 N–H and O–H groups in total. The molecule has 1 aromatic heterocycles. The molecule has 4 rings (SSSR count). The van der Waals surface area contributed by atoms with Gasteiger partial charge in [-0.2, -0.15) is 0 Å². The maximum Gasteiger partial charge on any atom is 0.226 e. The lowest BCUT2D eigenvalue weighted by Gasteiger charge is -2.34. The molecule has 2 aromatic rings. The van der Waals surface area contributed by atoms with Gasteiger partial charge in [-0.15, -0.1) is 11.3 Å². The Morgan fingerprint density at radius 3 is 2.62 bits per heavy atom. The lowest BCUT2D eigenvalue weighted by Crippen LogP contribution is -2.48. The van der Waals surface area contributed by atoms with Crippen LogP contribution in [0.4, 0.5) is 4.39 Å². The molecular formula is C18H20FN3OS. The van der Waals surface area contributed by atoms with Crippen molar-refractivity contribution in [3.63, 3.8) is 0 Å². The van der Waals surface area contributed by atoms with Crippen LogP contribution in [0.3, 0.4) is 0 Å². The second kappa shape index (κ2) is 6.61. The summed E-state index contributed by atoms with van der Waals surface area (Å²) in [6.45, 7) is 4.24. The molecule has 1 aliphatic heterocycles. The van der Waals surface area contributed by atoms with Crippen molar-refractivity contribution in [1.82, 2.24) is 14.8 Å². The highest BCUT2D eigenvalue weighted by Crippen LogP contribution is 2.48. The second-order valence-electron chi connectivity index (χ2n) is 6.58. The third-order valence-corrected chi connectivity index (χ3v) is 5.59. The van der Waals surface area contributed by atoms with Crippen LogP contribution in [0.1, 0.15) is 23.6 Å². The summed E-state index contributed by atoms with van der Waals surface area (Å²) in [5.41, 5.74) is 4.05. The molecule has 1 saturated carbocycles. The highest BCUT2D eigenvalue weighted by molar-refractivity contribution is 7.07. The van der Waals surface area contributed by atoms with Gasteiger partial charge in [0.1, 0.15) is 5.82 Å². The van der Waals surface area contributed by atoms with Gasteiger partial charge in [0.15, 0.2) is 0 Å². The summed E-state index contributed by atoms with van der Waals surface area (Å²) in [4.78, 5) is 21.3. The van der Waals surface area contributed by atoms with Crippen molar-refractivity contribution in [1.29, 1.82) is 0 Å². The Labute approximate surface area is 144 Å². The normalized spacial score (nSPS) is 24.1. The molecule has 0 radical (unpaired) electrons. The van der Waals surface area contributed by atoms with Crippen molar-refractivity contribution in [2.24, 2.45) is 5.92 Å². The summed E-state index contributed by atoms with van der Waals surface area (Å²) in [7, 11) is 0. The first-order valence-corrected chi connectivity index (χ1v) is 9.28. The van der Waals surface area contributed by atoms with Crippen molar-refractivity contribution in [2.45, 2.75) is 18.9 Å². The van der Waals surface area contributed by atoms with Gasteiger partial charge >= 0.3 is 0 Å². The number of amides is 1. The fourth-order valence-electron chi connectivity index (χ4n) is 3.45. The quantitative estimate of drug-likeness (QED) is 0.855. The Kier molecular flexibility index (Phi) is 4.33. The number of rotatable bonds is 4. The average Bonchev–Trinajstić information content (AvgIpc) is 3.24. The molecule has 1 saturated heterocycles. The van der Waals surface area contributed by atoms with Gasteiger partial charge in [-0.1, -0.05) is 12.1 Å². The highest BCUT2D eigenvalue weighted by atomic mass is 32.1. The molecule has 2 heterocycles. The molecule has 1 amide bonds. The van der Waals surface area contributed by atoms with Crippen molar-refractivity contribution >= 4 is 17.2 Å². The van der Waals surface area contributed by atoms with Crippen molar-refractivity contribution in [3.05, 3.63) is 52.2 Å². The van der Waals surface area contributed by atoms with E-state index in [1.54, 1.807) is 23.5 Å². The predicted molar refractivity (Wildman–Crippen MR) is 91.2 cm³/mol. The zero-order valence-electron chi connectivity index (χ0n) is 13.4. The number of halogens is 1. The molecule has 6 heteroatoms. The minimum absolute atomic E-state index is 0.0838. The van der Waals surface area contributed by atoms with Gasteiger partial charge in [0.2, 0.25) is 5.91 Å². The second-order valence-corrected chi connectivity index (χ2v) is 7.30. The van der Waals surface area contributed by atoms with E-state index in [0.717, 1.165) is 50.4 Å². The van der Waals surface area contributed by atoms with Gasteiger partial charge in [-0.05, 0) is 30.0 Å². The van der Waals surface area contributed by atoms with E-state index in [4.69, 9.17) is 0 Å². The van der Waals surface area contributed by atoms with E-state index in [1.807, 2.05) is 10.4 Å². The summed E-state index contributed by atoms with van der Waals surface area (Å²) in [5, 5.41) is 2.08. The van der Waals surface area contributed by atoms with E-state index in [0.29, 0.717) is 0 Å². The van der Waals surface area contributed by atoms with Crippen LogP contribution >= 0.6 is 11.3 Å². The van der Waals surface area contributed by atoms with E-state index in [-0.39, 0.29) is 23.6 Å². The first-order chi connectivity index (χ1) is 11.7. The largest absolute Gasteiger partial charge is 0.340 e. The predicted octanol–water partition coefficient (Wildman–Crippen LogP) is 2.73. The maximum atomic E-state index is 13.0. The number of thiazole rings is 1. The van der Waals surface area contributed by atoms with Crippen LogP contribution in [-0.2, 0) is 11.3 Å². The molecule has 24 heavy (non-hydrogen) atoms. The number of carbonyl (C=O) groups excluding carboxylic acids is 1. The SMILES string of the molecule is O=C([C@@H]1C[C@H]1c1ccc(F)cc1)N1CCN(Cc2cscn2)CC1. The van der Waals surface area contributed by atoms with Crippen LogP contribution in [0.25, 0.3) is 0 Å². The van der Waals surface area contributed by atoms with Gasteiger partial charge in [-0.25, -0.2) is 9.37 Å². The van der Waals surface area contributed by atoms with E-state index >= 15 is 0 Å². The van der Waals surface area contributed by atoms with Crippen LogP contribution in [0.15, 0.2) is 35.2 Å². The molecule has 126 valence electrons. The van der Waals surface area contributed by atoms with Gasteiger partial charge in [-0.3, -0.25) is 9.69 Å². The molecule has 4 nitrogen and oxygen atoms in total. The van der Waals surface area contributed by atoms with Gasteiger partial charge in [0, 0.05) is 44.0 Å². The number of carbonyl (C=O) groups is 1. The summed E-state index contributed by atoms with van der Waals surface area (Å²) in [6, 6.07) is 6.57. The summed E-state index contributed by atoms with van der Waals surface area (Å²) in [5.74, 6) is 0.392. The van der Waals surface area contributed by atoms with Gasteiger partial charge in [0.25, 0.3) is 0 Å². The minimum Gasteiger partial charge on any atom is -0.340 e.